The van der Waals surface area contributed by atoms with E-state index < -0.39 is 0 Å². The number of rotatable bonds is 3. The number of fused-ring (bicyclic) bond motifs is 1. The van der Waals surface area contributed by atoms with Crippen LogP contribution in [0.1, 0.15) is 18.1 Å². The molecule has 3 heteroatoms. The Balaban J connectivity index is 2.42. The van der Waals surface area contributed by atoms with Crippen LogP contribution < -0.4 is 0 Å². The molecule has 3 nitrogen and oxygen atoms in total. The summed E-state index contributed by atoms with van der Waals surface area (Å²) >= 11 is 0. The Kier molecular flexibility index (Phi) is 3.72. The maximum absolute atomic E-state index is 11.3. The third kappa shape index (κ3) is 2.56. The Morgan fingerprint density at radius 3 is 3.00 bits per heavy atom. The van der Waals surface area contributed by atoms with Gasteiger partial charge in [0.15, 0.2) is 0 Å². The second kappa shape index (κ2) is 5.45. The lowest BCUT2D eigenvalue weighted by Crippen LogP contribution is -1.98. The van der Waals surface area contributed by atoms with Crippen molar-refractivity contribution >= 4 is 22.8 Å². The van der Waals surface area contributed by atoms with Gasteiger partial charge in [0.25, 0.3) is 0 Å². The van der Waals surface area contributed by atoms with Crippen LogP contribution in [0.25, 0.3) is 16.8 Å². The quantitative estimate of drug-likeness (QED) is 0.612. The van der Waals surface area contributed by atoms with Gasteiger partial charge < -0.3 is 4.74 Å². The number of pyridine rings is 1. The second-order valence-corrected chi connectivity index (χ2v) is 3.99. The number of benzene rings is 1. The van der Waals surface area contributed by atoms with E-state index in [2.05, 4.69) is 4.98 Å². The van der Waals surface area contributed by atoms with Crippen molar-refractivity contribution in [3.8, 4) is 0 Å². The van der Waals surface area contributed by atoms with Gasteiger partial charge in [0.05, 0.1) is 6.61 Å². The minimum atomic E-state index is -0.318. The summed E-state index contributed by atoms with van der Waals surface area (Å²) in [6.07, 6.45) is 6.89. The van der Waals surface area contributed by atoms with Crippen LogP contribution in [0, 0.1) is 6.92 Å². The SMILES string of the molecule is CCOC(=O)/C=C/c1cccc2cncc(C)c12. The van der Waals surface area contributed by atoms with Gasteiger partial charge in [-0.1, -0.05) is 18.2 Å². The van der Waals surface area contributed by atoms with Crippen LogP contribution >= 0.6 is 0 Å². The number of aromatic nitrogens is 1. The van der Waals surface area contributed by atoms with Gasteiger partial charge in [0.2, 0.25) is 0 Å². The molecule has 0 aliphatic carbocycles. The molecule has 1 aromatic heterocycles. The summed E-state index contributed by atoms with van der Waals surface area (Å²) in [5.41, 5.74) is 2.09. The average Bonchev–Trinajstić information content (AvgIpc) is 2.37. The van der Waals surface area contributed by atoms with Crippen LogP contribution in [0.4, 0.5) is 0 Å². The number of nitrogens with zero attached hydrogens (tertiary/aromatic N) is 1. The predicted octanol–water partition coefficient (Wildman–Crippen LogP) is 3.12. The molecule has 0 bridgehead atoms. The zero-order valence-corrected chi connectivity index (χ0v) is 10.5. The molecule has 0 radical (unpaired) electrons. The highest BCUT2D eigenvalue weighted by molar-refractivity contribution is 5.96. The lowest BCUT2D eigenvalue weighted by atomic mass is 10.0. The molecule has 0 saturated heterocycles. The largest absolute Gasteiger partial charge is 0.463 e. The summed E-state index contributed by atoms with van der Waals surface area (Å²) < 4.78 is 4.87. The fraction of sp³-hybridized carbons (Fsp3) is 0.200. The zero-order chi connectivity index (χ0) is 13.0. The maximum Gasteiger partial charge on any atom is 0.330 e. The molecule has 0 amide bonds. The minimum absolute atomic E-state index is 0.318. The number of ether oxygens (including phenoxy) is 1. The van der Waals surface area contributed by atoms with Crippen LogP contribution in [0.3, 0.4) is 0 Å². The van der Waals surface area contributed by atoms with Gasteiger partial charge in [0, 0.05) is 23.9 Å². The summed E-state index contributed by atoms with van der Waals surface area (Å²) in [5, 5.41) is 2.19. The first-order valence-electron chi connectivity index (χ1n) is 5.90. The molecule has 2 rings (SSSR count). The first-order chi connectivity index (χ1) is 8.72. The second-order valence-electron chi connectivity index (χ2n) is 3.99. The van der Waals surface area contributed by atoms with Gasteiger partial charge in [-0.15, -0.1) is 0 Å². The number of aryl methyl sites for hydroxylation is 1. The molecule has 1 aromatic carbocycles. The first kappa shape index (κ1) is 12.3. The van der Waals surface area contributed by atoms with Gasteiger partial charge in [-0.25, -0.2) is 4.79 Å². The Morgan fingerprint density at radius 2 is 2.22 bits per heavy atom. The van der Waals surface area contributed by atoms with Crippen molar-refractivity contribution < 1.29 is 9.53 Å². The predicted molar refractivity (Wildman–Crippen MR) is 72.1 cm³/mol. The maximum atomic E-state index is 11.3. The van der Waals surface area contributed by atoms with E-state index >= 15 is 0 Å². The van der Waals surface area contributed by atoms with Gasteiger partial charge in [-0.05, 0) is 36.4 Å². The summed E-state index contributed by atoms with van der Waals surface area (Å²) in [6, 6.07) is 5.94. The Labute approximate surface area is 106 Å². The number of hydrogen-bond acceptors (Lipinski definition) is 3. The molecular formula is C15H15NO2. The Bertz CT molecular complexity index is 597. The summed E-state index contributed by atoms with van der Waals surface area (Å²) in [6.45, 7) is 4.19. The van der Waals surface area contributed by atoms with E-state index in [1.54, 1.807) is 13.0 Å². The molecule has 0 atom stereocenters. The van der Waals surface area contributed by atoms with Gasteiger partial charge in [-0.2, -0.15) is 0 Å². The van der Waals surface area contributed by atoms with E-state index in [0.717, 1.165) is 21.9 Å². The molecule has 0 spiro atoms. The molecule has 18 heavy (non-hydrogen) atoms. The Morgan fingerprint density at radius 1 is 1.39 bits per heavy atom. The van der Waals surface area contributed by atoms with Crippen molar-refractivity contribution in [2.75, 3.05) is 6.61 Å². The van der Waals surface area contributed by atoms with Crippen molar-refractivity contribution in [1.82, 2.24) is 4.98 Å². The van der Waals surface area contributed by atoms with E-state index in [-0.39, 0.29) is 5.97 Å². The van der Waals surface area contributed by atoms with Crippen molar-refractivity contribution in [2.24, 2.45) is 0 Å². The third-order valence-corrected chi connectivity index (χ3v) is 2.69. The van der Waals surface area contributed by atoms with Gasteiger partial charge in [0.1, 0.15) is 0 Å². The molecule has 1 heterocycles. The molecule has 0 N–H and O–H groups in total. The standard InChI is InChI=1S/C15H15NO2/c1-3-18-14(17)8-7-12-5-4-6-13-10-16-9-11(2)15(12)13/h4-10H,3H2,1-2H3/b8-7+. The zero-order valence-electron chi connectivity index (χ0n) is 10.5. The molecular weight excluding hydrogens is 226 g/mol. The van der Waals surface area contributed by atoms with E-state index in [4.69, 9.17) is 4.74 Å². The molecule has 92 valence electrons. The number of hydrogen-bond donors (Lipinski definition) is 0. The van der Waals surface area contributed by atoms with Crippen molar-refractivity contribution in [1.29, 1.82) is 0 Å². The number of carbonyl (C=O) groups is 1. The fourth-order valence-corrected chi connectivity index (χ4v) is 1.93. The van der Waals surface area contributed by atoms with E-state index in [0.29, 0.717) is 6.61 Å². The summed E-state index contributed by atoms with van der Waals surface area (Å²) in [5.74, 6) is -0.318. The third-order valence-electron chi connectivity index (χ3n) is 2.69. The van der Waals surface area contributed by atoms with E-state index in [9.17, 15) is 4.79 Å². The fourth-order valence-electron chi connectivity index (χ4n) is 1.93. The molecule has 0 saturated carbocycles. The van der Waals surface area contributed by atoms with Gasteiger partial charge in [-0.3, -0.25) is 4.98 Å². The molecule has 2 aromatic rings. The van der Waals surface area contributed by atoms with Crippen LogP contribution in [-0.4, -0.2) is 17.6 Å². The molecule has 0 aliphatic heterocycles. The normalized spacial score (nSPS) is 11.0. The summed E-state index contributed by atoms with van der Waals surface area (Å²) in [4.78, 5) is 15.5. The van der Waals surface area contributed by atoms with Crippen LogP contribution in [-0.2, 0) is 9.53 Å². The van der Waals surface area contributed by atoms with Crippen LogP contribution in [0.15, 0.2) is 36.7 Å². The van der Waals surface area contributed by atoms with Crippen LogP contribution in [0.2, 0.25) is 0 Å². The summed E-state index contributed by atoms with van der Waals surface area (Å²) in [7, 11) is 0. The topological polar surface area (TPSA) is 39.2 Å². The molecule has 0 unspecified atom stereocenters. The highest BCUT2D eigenvalue weighted by atomic mass is 16.5. The lowest BCUT2D eigenvalue weighted by Gasteiger charge is -2.05. The van der Waals surface area contributed by atoms with Crippen LogP contribution in [0.5, 0.6) is 0 Å². The first-order valence-corrected chi connectivity index (χ1v) is 5.90. The number of esters is 1. The lowest BCUT2D eigenvalue weighted by molar-refractivity contribution is -0.137. The highest BCUT2D eigenvalue weighted by Gasteiger charge is 2.02. The monoisotopic (exact) mass is 241 g/mol. The average molecular weight is 241 g/mol. The van der Waals surface area contributed by atoms with Crippen molar-refractivity contribution in [3.05, 3.63) is 47.8 Å². The number of carbonyl (C=O) groups excluding carboxylic acids is 1. The van der Waals surface area contributed by atoms with E-state index in [1.807, 2.05) is 37.5 Å². The smallest absolute Gasteiger partial charge is 0.330 e. The minimum Gasteiger partial charge on any atom is -0.463 e. The van der Waals surface area contributed by atoms with Crippen molar-refractivity contribution in [3.63, 3.8) is 0 Å². The molecule has 0 fully saturated rings. The van der Waals surface area contributed by atoms with Gasteiger partial charge >= 0.3 is 5.97 Å². The molecule has 0 aliphatic rings. The van der Waals surface area contributed by atoms with Crippen molar-refractivity contribution in [2.45, 2.75) is 13.8 Å². The van der Waals surface area contributed by atoms with E-state index in [1.165, 1.54) is 6.08 Å². The highest BCUT2D eigenvalue weighted by Crippen LogP contribution is 2.22. The Hall–Kier alpha value is -2.16.